The fraction of sp³-hybridized carbons (Fsp3) is 0.0714. The fourth-order valence-corrected chi connectivity index (χ4v) is 3.08. The first kappa shape index (κ1) is 14.4. The zero-order valence-electron chi connectivity index (χ0n) is 10.5. The topological polar surface area (TPSA) is 67.2 Å². The number of hydrogen-bond donors (Lipinski definition) is 0. The Morgan fingerprint density at radius 2 is 1.90 bits per heavy atom. The van der Waals surface area contributed by atoms with Crippen LogP contribution in [-0.2, 0) is 10.1 Å². The molecular formula is C14H10ClNO3S. The zero-order valence-corrected chi connectivity index (χ0v) is 12.1. The van der Waals surface area contributed by atoms with Crippen molar-refractivity contribution in [3.8, 4) is 11.8 Å². The minimum atomic E-state index is -4.03. The number of rotatable bonds is 3. The van der Waals surface area contributed by atoms with Crippen molar-refractivity contribution in [1.29, 1.82) is 5.26 Å². The Kier molecular flexibility index (Phi) is 3.98. The first-order valence-corrected chi connectivity index (χ1v) is 7.42. The third-order valence-electron chi connectivity index (χ3n) is 2.63. The summed E-state index contributed by atoms with van der Waals surface area (Å²) in [5, 5.41) is 9.24. The lowest BCUT2D eigenvalue weighted by Crippen LogP contribution is -2.12. The van der Waals surface area contributed by atoms with Gasteiger partial charge in [0, 0.05) is 5.02 Å². The highest BCUT2D eigenvalue weighted by Crippen LogP contribution is 2.25. The summed E-state index contributed by atoms with van der Waals surface area (Å²) in [6.07, 6.45) is 0. The van der Waals surface area contributed by atoms with Crippen molar-refractivity contribution in [2.75, 3.05) is 0 Å². The highest BCUT2D eigenvalue weighted by Gasteiger charge is 2.21. The number of nitriles is 1. The van der Waals surface area contributed by atoms with Crippen LogP contribution in [0.2, 0.25) is 5.02 Å². The van der Waals surface area contributed by atoms with Crippen molar-refractivity contribution in [3.05, 3.63) is 58.6 Å². The molecule has 0 aliphatic carbocycles. The number of para-hydroxylation sites is 1. The van der Waals surface area contributed by atoms with Gasteiger partial charge in [-0.25, -0.2) is 0 Å². The molecule has 0 aromatic heterocycles. The predicted octanol–water partition coefficient (Wildman–Crippen LogP) is 3.29. The Morgan fingerprint density at radius 3 is 2.60 bits per heavy atom. The molecule has 0 fully saturated rings. The molecule has 102 valence electrons. The monoisotopic (exact) mass is 307 g/mol. The summed E-state index contributed by atoms with van der Waals surface area (Å²) in [5.74, 6) is -0.00521. The molecule has 0 heterocycles. The molecule has 2 aromatic rings. The van der Waals surface area contributed by atoms with E-state index in [9.17, 15) is 8.42 Å². The van der Waals surface area contributed by atoms with Crippen LogP contribution in [0.3, 0.4) is 0 Å². The van der Waals surface area contributed by atoms with Crippen molar-refractivity contribution in [2.45, 2.75) is 11.8 Å². The summed E-state index contributed by atoms with van der Waals surface area (Å²) >= 11 is 5.81. The second-order valence-corrected chi connectivity index (χ2v) is 6.01. The van der Waals surface area contributed by atoms with Crippen LogP contribution in [0.4, 0.5) is 0 Å². The van der Waals surface area contributed by atoms with Gasteiger partial charge in [0.15, 0.2) is 5.75 Å². The van der Waals surface area contributed by atoms with Gasteiger partial charge in [-0.15, -0.1) is 0 Å². The van der Waals surface area contributed by atoms with Gasteiger partial charge in [0.1, 0.15) is 11.0 Å². The molecule has 20 heavy (non-hydrogen) atoms. The van der Waals surface area contributed by atoms with Crippen LogP contribution in [0.15, 0.2) is 47.4 Å². The summed E-state index contributed by atoms with van der Waals surface area (Å²) < 4.78 is 29.5. The number of nitrogens with zero attached hydrogens (tertiary/aromatic N) is 1. The lowest BCUT2D eigenvalue weighted by molar-refractivity contribution is 0.484. The summed E-state index contributed by atoms with van der Waals surface area (Å²) in [5.41, 5.74) is 0.666. The van der Waals surface area contributed by atoms with Crippen LogP contribution in [0.25, 0.3) is 0 Å². The molecule has 0 atom stereocenters. The van der Waals surface area contributed by atoms with Gasteiger partial charge in [-0.2, -0.15) is 13.7 Å². The van der Waals surface area contributed by atoms with Crippen LogP contribution in [0.5, 0.6) is 5.75 Å². The maximum atomic E-state index is 12.3. The van der Waals surface area contributed by atoms with Crippen molar-refractivity contribution >= 4 is 21.7 Å². The third-order valence-corrected chi connectivity index (χ3v) is 4.24. The Balaban J connectivity index is 2.47. The standard InChI is InChI=1S/C14H10ClNO3S/c1-10-6-7-12(15)8-14(10)20(17,18)19-13-5-3-2-4-11(13)9-16/h2-8H,1H3. The lowest BCUT2D eigenvalue weighted by Gasteiger charge is -2.10. The average Bonchev–Trinajstić information content (AvgIpc) is 2.41. The van der Waals surface area contributed by atoms with Gasteiger partial charge in [-0.05, 0) is 36.8 Å². The molecule has 2 rings (SSSR count). The average molecular weight is 308 g/mol. The molecule has 0 amide bonds. The van der Waals surface area contributed by atoms with E-state index in [1.807, 2.05) is 6.07 Å². The molecule has 0 spiro atoms. The molecule has 4 nitrogen and oxygen atoms in total. The summed E-state index contributed by atoms with van der Waals surface area (Å²) in [6.45, 7) is 1.64. The van der Waals surface area contributed by atoms with Gasteiger partial charge >= 0.3 is 10.1 Å². The Morgan fingerprint density at radius 1 is 1.20 bits per heavy atom. The molecule has 6 heteroatoms. The minimum absolute atomic E-state index is 0.00521. The van der Waals surface area contributed by atoms with E-state index < -0.39 is 10.1 Å². The smallest absolute Gasteiger partial charge is 0.339 e. The number of halogens is 1. The van der Waals surface area contributed by atoms with E-state index in [1.165, 1.54) is 18.2 Å². The molecule has 0 aliphatic rings. The SMILES string of the molecule is Cc1ccc(Cl)cc1S(=O)(=O)Oc1ccccc1C#N. The molecule has 0 unspecified atom stereocenters. The van der Waals surface area contributed by atoms with E-state index in [4.69, 9.17) is 21.0 Å². The molecule has 0 saturated carbocycles. The second kappa shape index (κ2) is 5.53. The normalized spacial score (nSPS) is 10.8. The molecule has 0 aliphatic heterocycles. The summed E-state index contributed by atoms with van der Waals surface area (Å²) in [7, 11) is -4.03. The van der Waals surface area contributed by atoms with Gasteiger partial charge in [0.25, 0.3) is 0 Å². The number of benzene rings is 2. The lowest BCUT2D eigenvalue weighted by atomic mass is 10.2. The van der Waals surface area contributed by atoms with E-state index in [0.29, 0.717) is 10.6 Å². The maximum absolute atomic E-state index is 12.3. The predicted molar refractivity (Wildman–Crippen MR) is 75.2 cm³/mol. The molecule has 0 saturated heterocycles. The van der Waals surface area contributed by atoms with Gasteiger partial charge < -0.3 is 4.18 Å². The quantitative estimate of drug-likeness (QED) is 0.816. The van der Waals surface area contributed by atoms with E-state index in [2.05, 4.69) is 0 Å². The molecule has 2 aromatic carbocycles. The van der Waals surface area contributed by atoms with Crippen molar-refractivity contribution in [3.63, 3.8) is 0 Å². The van der Waals surface area contributed by atoms with Crippen LogP contribution >= 0.6 is 11.6 Å². The second-order valence-electron chi connectivity index (χ2n) is 4.06. The van der Waals surface area contributed by atoms with Crippen LogP contribution in [-0.4, -0.2) is 8.42 Å². The first-order valence-electron chi connectivity index (χ1n) is 5.64. The molecule has 0 N–H and O–H groups in total. The van der Waals surface area contributed by atoms with E-state index in [1.54, 1.807) is 31.2 Å². The number of hydrogen-bond acceptors (Lipinski definition) is 4. The van der Waals surface area contributed by atoms with Gasteiger partial charge in [0.2, 0.25) is 0 Å². The van der Waals surface area contributed by atoms with Crippen LogP contribution in [0.1, 0.15) is 11.1 Å². The van der Waals surface area contributed by atoms with Gasteiger partial charge in [-0.3, -0.25) is 0 Å². The summed E-state index contributed by atoms with van der Waals surface area (Å²) in [6, 6.07) is 12.5. The highest BCUT2D eigenvalue weighted by molar-refractivity contribution is 7.87. The Hall–Kier alpha value is -2.03. The van der Waals surface area contributed by atoms with Crippen molar-refractivity contribution in [2.24, 2.45) is 0 Å². The first-order chi connectivity index (χ1) is 9.44. The largest absolute Gasteiger partial charge is 0.378 e. The van der Waals surface area contributed by atoms with E-state index in [0.717, 1.165) is 0 Å². The van der Waals surface area contributed by atoms with Gasteiger partial charge in [-0.1, -0.05) is 29.8 Å². The molecular weight excluding hydrogens is 298 g/mol. The van der Waals surface area contributed by atoms with E-state index in [-0.39, 0.29) is 16.2 Å². The van der Waals surface area contributed by atoms with E-state index >= 15 is 0 Å². The minimum Gasteiger partial charge on any atom is -0.378 e. The highest BCUT2D eigenvalue weighted by atomic mass is 35.5. The third kappa shape index (κ3) is 2.93. The van der Waals surface area contributed by atoms with Gasteiger partial charge in [0.05, 0.1) is 5.56 Å². The maximum Gasteiger partial charge on any atom is 0.339 e. The molecule has 0 bridgehead atoms. The Labute approximate surface area is 122 Å². The van der Waals surface area contributed by atoms with Crippen molar-refractivity contribution in [1.82, 2.24) is 0 Å². The zero-order chi connectivity index (χ0) is 14.8. The molecule has 0 radical (unpaired) electrons. The summed E-state index contributed by atoms with van der Waals surface area (Å²) in [4.78, 5) is -0.0160. The number of aryl methyl sites for hydroxylation is 1. The fourth-order valence-electron chi connectivity index (χ4n) is 1.64. The van der Waals surface area contributed by atoms with Crippen molar-refractivity contribution < 1.29 is 12.6 Å². The van der Waals surface area contributed by atoms with Crippen LogP contribution < -0.4 is 4.18 Å². The van der Waals surface area contributed by atoms with Crippen LogP contribution in [0, 0.1) is 18.3 Å². The Bertz CT molecular complexity index is 794.